The molecule has 0 radical (unpaired) electrons. The maximum absolute atomic E-state index is 11.4. The van der Waals surface area contributed by atoms with Gasteiger partial charge in [0.1, 0.15) is 30.2 Å². The van der Waals surface area contributed by atoms with Crippen LogP contribution >= 0.6 is 0 Å². The molecule has 3 rings (SSSR count). The van der Waals surface area contributed by atoms with Crippen LogP contribution in [0.25, 0.3) is 0 Å². The van der Waals surface area contributed by atoms with Crippen LogP contribution in [-0.4, -0.2) is 59.3 Å². The number of rotatable bonds is 3. The third-order valence-corrected chi connectivity index (χ3v) is 4.15. The number of aliphatic hydroxyl groups excluding tert-OH is 1. The lowest BCUT2D eigenvalue weighted by atomic mass is 9.90. The Kier molecular flexibility index (Phi) is 3.67. The van der Waals surface area contributed by atoms with Gasteiger partial charge in [0.05, 0.1) is 6.61 Å². The summed E-state index contributed by atoms with van der Waals surface area (Å²) in [6.07, 6.45) is -2.60. The molecule has 126 valence electrons. The topological polar surface area (TPSA) is 83.5 Å². The van der Waals surface area contributed by atoms with Crippen LogP contribution in [0, 0.1) is 0 Å². The average Bonchev–Trinajstić information content (AvgIpc) is 2.80. The zero-order valence-corrected chi connectivity index (χ0v) is 13.6. The van der Waals surface area contributed by atoms with Crippen LogP contribution in [-0.2, 0) is 28.5 Å². The molecule has 0 unspecified atom stereocenters. The van der Waals surface area contributed by atoms with Gasteiger partial charge in [0.25, 0.3) is 0 Å². The van der Waals surface area contributed by atoms with Crippen molar-refractivity contribution in [2.45, 2.75) is 82.8 Å². The van der Waals surface area contributed by atoms with Crippen molar-refractivity contribution < 1.29 is 33.6 Å². The molecule has 3 heterocycles. The van der Waals surface area contributed by atoms with Crippen LogP contribution in [0.3, 0.4) is 0 Å². The molecule has 3 aliphatic heterocycles. The summed E-state index contributed by atoms with van der Waals surface area (Å²) in [4.78, 5) is 11.4. The minimum atomic E-state index is -1.42. The Morgan fingerprint density at radius 1 is 1.18 bits per heavy atom. The van der Waals surface area contributed by atoms with Gasteiger partial charge in [0.2, 0.25) is 5.79 Å². The summed E-state index contributed by atoms with van der Waals surface area (Å²) in [5, 5.41) is 10.5. The number of hydrogen-bond donors (Lipinski definition) is 1. The highest BCUT2D eigenvalue weighted by atomic mass is 16.9. The summed E-state index contributed by atoms with van der Waals surface area (Å²) in [6.45, 7) is 8.75. The predicted molar refractivity (Wildman–Crippen MR) is 73.8 cm³/mol. The van der Waals surface area contributed by atoms with Gasteiger partial charge >= 0.3 is 0 Å². The number of Topliss-reactive ketones (excluding diaryl/α,β-unsaturated/α-hetero) is 1. The molecule has 0 amide bonds. The molecule has 5 atom stereocenters. The van der Waals surface area contributed by atoms with E-state index < -0.39 is 35.7 Å². The SMILES string of the molecule is CC(=O)C[C@H](O)[C@]12OC[C@H]3OC(C)(C)O[C@H]3[C@H]1OC(C)(C)O2. The van der Waals surface area contributed by atoms with Crippen LogP contribution in [0.4, 0.5) is 0 Å². The molecule has 1 N–H and O–H groups in total. The molecule has 0 spiro atoms. The number of hydrogen-bond acceptors (Lipinski definition) is 7. The van der Waals surface area contributed by atoms with E-state index in [1.807, 2.05) is 13.8 Å². The van der Waals surface area contributed by atoms with Crippen molar-refractivity contribution in [3.63, 3.8) is 0 Å². The van der Waals surface area contributed by atoms with Crippen molar-refractivity contribution in [2.75, 3.05) is 6.61 Å². The second-order valence-corrected chi connectivity index (χ2v) is 7.13. The van der Waals surface area contributed by atoms with E-state index in [4.69, 9.17) is 23.7 Å². The third kappa shape index (κ3) is 2.60. The van der Waals surface area contributed by atoms with Gasteiger partial charge in [0, 0.05) is 6.42 Å². The summed E-state index contributed by atoms with van der Waals surface area (Å²) in [6, 6.07) is 0. The second kappa shape index (κ2) is 4.96. The van der Waals surface area contributed by atoms with E-state index in [1.54, 1.807) is 13.8 Å². The van der Waals surface area contributed by atoms with Crippen LogP contribution < -0.4 is 0 Å². The number of carbonyl (C=O) groups is 1. The molecule has 0 aliphatic carbocycles. The third-order valence-electron chi connectivity index (χ3n) is 4.15. The zero-order valence-electron chi connectivity index (χ0n) is 13.6. The van der Waals surface area contributed by atoms with Crippen molar-refractivity contribution >= 4 is 5.78 Å². The summed E-state index contributed by atoms with van der Waals surface area (Å²) in [5.41, 5.74) is 0. The standard InChI is InChI=1S/C15H24O7/c1-8(16)6-10(17)15-12(21-14(4,5)22-15)11-9(7-18-15)19-13(2,3)20-11/h9-12,17H,6-7H2,1-5H3/t9-,10+,11-,12-,15-/m1/s1. The lowest BCUT2D eigenvalue weighted by Gasteiger charge is -2.43. The zero-order chi connectivity index (χ0) is 16.3. The van der Waals surface area contributed by atoms with Gasteiger partial charge in [0.15, 0.2) is 11.6 Å². The molecule has 3 saturated heterocycles. The van der Waals surface area contributed by atoms with Gasteiger partial charge in [-0.25, -0.2) is 0 Å². The molecule has 3 aliphatic rings. The van der Waals surface area contributed by atoms with Gasteiger partial charge in [-0.15, -0.1) is 0 Å². The molecule has 7 heteroatoms. The fourth-order valence-corrected chi connectivity index (χ4v) is 3.49. The highest BCUT2D eigenvalue weighted by Crippen LogP contribution is 2.49. The fraction of sp³-hybridized carbons (Fsp3) is 0.933. The summed E-state index contributed by atoms with van der Waals surface area (Å²) < 4.78 is 29.4. The Bertz CT molecular complexity index is 475. The lowest BCUT2D eigenvalue weighted by molar-refractivity contribution is -0.317. The van der Waals surface area contributed by atoms with Crippen molar-refractivity contribution in [2.24, 2.45) is 0 Å². The van der Waals surface area contributed by atoms with E-state index in [0.29, 0.717) is 0 Å². The van der Waals surface area contributed by atoms with Crippen LogP contribution in [0.1, 0.15) is 41.0 Å². The number of fused-ring (bicyclic) bond motifs is 3. The number of ketones is 1. The van der Waals surface area contributed by atoms with Gasteiger partial charge in [-0.2, -0.15) is 0 Å². The maximum atomic E-state index is 11.4. The first-order chi connectivity index (χ1) is 10.0. The number of aliphatic hydroxyl groups is 1. The molecule has 0 aromatic heterocycles. The molecule has 0 aromatic rings. The summed E-state index contributed by atoms with van der Waals surface area (Å²) in [7, 11) is 0. The highest BCUT2D eigenvalue weighted by molar-refractivity contribution is 5.76. The van der Waals surface area contributed by atoms with E-state index in [9.17, 15) is 9.90 Å². The minimum Gasteiger partial charge on any atom is -0.387 e. The summed E-state index contributed by atoms with van der Waals surface area (Å²) >= 11 is 0. The van der Waals surface area contributed by atoms with Gasteiger partial charge in [-0.3, -0.25) is 4.79 Å². The Morgan fingerprint density at radius 3 is 2.50 bits per heavy atom. The second-order valence-electron chi connectivity index (χ2n) is 7.13. The van der Waals surface area contributed by atoms with E-state index in [0.717, 1.165) is 0 Å². The van der Waals surface area contributed by atoms with Crippen LogP contribution in [0.5, 0.6) is 0 Å². The number of ether oxygens (including phenoxy) is 5. The normalized spacial score (nSPS) is 43.5. The largest absolute Gasteiger partial charge is 0.387 e. The molecule has 3 fully saturated rings. The lowest BCUT2D eigenvalue weighted by Crippen LogP contribution is -2.63. The molecule has 0 bridgehead atoms. The Morgan fingerprint density at radius 2 is 1.86 bits per heavy atom. The fourth-order valence-electron chi connectivity index (χ4n) is 3.49. The Labute approximate surface area is 129 Å². The monoisotopic (exact) mass is 316 g/mol. The van der Waals surface area contributed by atoms with Crippen molar-refractivity contribution in [3.05, 3.63) is 0 Å². The molecular weight excluding hydrogens is 292 g/mol. The number of carbonyl (C=O) groups excluding carboxylic acids is 1. The van der Waals surface area contributed by atoms with Crippen molar-refractivity contribution in [1.29, 1.82) is 0 Å². The van der Waals surface area contributed by atoms with Crippen molar-refractivity contribution in [3.8, 4) is 0 Å². The molecule has 22 heavy (non-hydrogen) atoms. The average molecular weight is 316 g/mol. The smallest absolute Gasteiger partial charge is 0.227 e. The van der Waals surface area contributed by atoms with Gasteiger partial charge in [-0.1, -0.05) is 0 Å². The summed E-state index contributed by atoms with van der Waals surface area (Å²) in [5.74, 6) is -3.27. The predicted octanol–water partition coefficient (Wildman–Crippen LogP) is 0.724. The first-order valence-electron chi connectivity index (χ1n) is 7.60. The molecule has 0 aromatic carbocycles. The van der Waals surface area contributed by atoms with Crippen molar-refractivity contribution in [1.82, 2.24) is 0 Å². The van der Waals surface area contributed by atoms with Crippen LogP contribution in [0.2, 0.25) is 0 Å². The van der Waals surface area contributed by atoms with E-state index in [2.05, 4.69) is 0 Å². The molecule has 0 saturated carbocycles. The molecular formula is C15H24O7. The first kappa shape index (κ1) is 16.3. The Balaban J connectivity index is 1.92. The van der Waals surface area contributed by atoms with Gasteiger partial charge in [-0.05, 0) is 34.6 Å². The highest BCUT2D eigenvalue weighted by Gasteiger charge is 2.67. The van der Waals surface area contributed by atoms with E-state index >= 15 is 0 Å². The first-order valence-corrected chi connectivity index (χ1v) is 7.60. The van der Waals surface area contributed by atoms with Crippen LogP contribution in [0.15, 0.2) is 0 Å². The van der Waals surface area contributed by atoms with E-state index in [-0.39, 0.29) is 24.9 Å². The quantitative estimate of drug-likeness (QED) is 0.821. The van der Waals surface area contributed by atoms with Gasteiger partial charge < -0.3 is 28.8 Å². The molecule has 7 nitrogen and oxygen atoms in total. The Hall–Kier alpha value is -0.570. The van der Waals surface area contributed by atoms with E-state index in [1.165, 1.54) is 6.92 Å². The maximum Gasteiger partial charge on any atom is 0.227 e. The minimum absolute atomic E-state index is 0.0718.